The summed E-state index contributed by atoms with van der Waals surface area (Å²) in [5.41, 5.74) is 3.39. The first-order chi connectivity index (χ1) is 16.9. The van der Waals surface area contributed by atoms with Gasteiger partial charge in [-0.1, -0.05) is 96.5 Å². The molecule has 0 saturated heterocycles. The third-order valence-corrected chi connectivity index (χ3v) is 7.50. The second-order valence-corrected chi connectivity index (χ2v) is 10.7. The van der Waals surface area contributed by atoms with Crippen molar-refractivity contribution in [1.82, 2.24) is 0 Å². The van der Waals surface area contributed by atoms with Crippen molar-refractivity contribution in [2.24, 2.45) is 5.92 Å². The first-order valence-electron chi connectivity index (χ1n) is 11.4. The number of ketones is 1. The highest BCUT2D eigenvalue weighted by atomic mass is 35.5. The zero-order valence-corrected chi connectivity index (χ0v) is 20.7. The largest absolute Gasteiger partial charge is 0.359 e. The van der Waals surface area contributed by atoms with Crippen LogP contribution in [0.2, 0.25) is 5.02 Å². The molecule has 6 heteroatoms. The van der Waals surface area contributed by atoms with E-state index in [1.165, 1.54) is 12.1 Å². The van der Waals surface area contributed by atoms with Gasteiger partial charge in [0.1, 0.15) is 0 Å². The number of benzene rings is 4. The number of carbonyl (C=O) groups excluding carboxylic acids is 1. The minimum absolute atomic E-state index is 0.0201. The quantitative estimate of drug-likeness (QED) is 0.194. The Bertz CT molecular complexity index is 1290. The highest BCUT2D eigenvalue weighted by Crippen LogP contribution is 2.41. The van der Waals surface area contributed by atoms with Crippen LogP contribution in [0.15, 0.2) is 109 Å². The Morgan fingerprint density at radius 1 is 0.743 bits per heavy atom. The zero-order chi connectivity index (χ0) is 24.7. The molecule has 0 spiro atoms. The van der Waals surface area contributed by atoms with Gasteiger partial charge in [-0.3, -0.25) is 9.36 Å². The second kappa shape index (κ2) is 11.6. The van der Waals surface area contributed by atoms with Crippen LogP contribution in [0.4, 0.5) is 0 Å². The van der Waals surface area contributed by atoms with Gasteiger partial charge < -0.3 is 9.42 Å². The smallest absolute Gasteiger partial charge is 0.321 e. The first-order valence-corrected chi connectivity index (χ1v) is 13.3. The van der Waals surface area contributed by atoms with E-state index in [4.69, 9.17) is 16.1 Å². The van der Waals surface area contributed by atoms with E-state index < -0.39 is 7.60 Å². The molecular formula is C29H26ClO4P. The fourth-order valence-electron chi connectivity index (χ4n) is 3.92. The molecule has 4 aromatic carbocycles. The molecule has 2 atom stereocenters. The fraction of sp³-hybridized carbons (Fsp3) is 0.138. The summed E-state index contributed by atoms with van der Waals surface area (Å²) in [5.74, 6) is -0.312. The van der Waals surface area contributed by atoms with Gasteiger partial charge in [0.05, 0.1) is 11.9 Å². The number of halogens is 1. The van der Waals surface area contributed by atoms with Gasteiger partial charge in [0.15, 0.2) is 5.78 Å². The van der Waals surface area contributed by atoms with E-state index in [0.29, 0.717) is 23.4 Å². The minimum atomic E-state index is -4.02. The molecule has 0 aromatic heterocycles. The molecule has 0 radical (unpaired) electrons. The molecule has 1 N–H and O–H groups in total. The number of hydrogen-bond donors (Lipinski definition) is 1. The average molecular weight is 505 g/mol. The molecule has 4 rings (SSSR count). The Morgan fingerprint density at radius 3 is 1.83 bits per heavy atom. The Hall–Kier alpha value is -3.01. The lowest BCUT2D eigenvalue weighted by atomic mass is 9.86. The molecule has 0 amide bonds. The molecule has 0 aliphatic rings. The summed E-state index contributed by atoms with van der Waals surface area (Å²) in [6.07, 6.45) is 1.15. The SMILES string of the molecule is O=C(c1ccc(P(=O)(O)OCc2ccccc2)cc1)C(Cc1ccccc1)Cc1ccc(Cl)cc1. The Kier molecular flexibility index (Phi) is 8.33. The maximum atomic E-state index is 13.5. The van der Waals surface area contributed by atoms with Gasteiger partial charge in [0.25, 0.3) is 0 Å². The van der Waals surface area contributed by atoms with Crippen molar-refractivity contribution in [2.45, 2.75) is 19.4 Å². The average Bonchev–Trinajstić information content (AvgIpc) is 2.89. The third kappa shape index (κ3) is 7.00. The van der Waals surface area contributed by atoms with Gasteiger partial charge in [-0.05, 0) is 53.8 Å². The van der Waals surface area contributed by atoms with Crippen LogP contribution in [0.1, 0.15) is 27.0 Å². The summed E-state index contributed by atoms with van der Waals surface area (Å²) in [6.45, 7) is 0.0234. The van der Waals surface area contributed by atoms with Gasteiger partial charge in [-0.2, -0.15) is 0 Å². The van der Waals surface area contributed by atoms with Crippen molar-refractivity contribution in [3.63, 3.8) is 0 Å². The number of rotatable bonds is 10. The minimum Gasteiger partial charge on any atom is -0.321 e. The molecule has 178 valence electrons. The Labute approximate surface area is 210 Å². The molecule has 2 unspecified atom stereocenters. The lowest BCUT2D eigenvalue weighted by Crippen LogP contribution is -2.21. The molecule has 4 nitrogen and oxygen atoms in total. The highest BCUT2D eigenvalue weighted by molar-refractivity contribution is 7.61. The predicted octanol–water partition coefficient (Wildman–Crippen LogP) is 6.65. The number of carbonyl (C=O) groups is 1. The summed E-state index contributed by atoms with van der Waals surface area (Å²) in [4.78, 5) is 23.9. The maximum Gasteiger partial charge on any atom is 0.359 e. The van der Waals surface area contributed by atoms with E-state index in [-0.39, 0.29) is 23.6 Å². The van der Waals surface area contributed by atoms with Crippen LogP contribution >= 0.6 is 19.2 Å². The number of hydrogen-bond acceptors (Lipinski definition) is 3. The lowest BCUT2D eigenvalue weighted by Gasteiger charge is -2.17. The summed E-state index contributed by atoms with van der Waals surface area (Å²) in [5, 5.41) is 0.806. The predicted molar refractivity (Wildman–Crippen MR) is 140 cm³/mol. The van der Waals surface area contributed by atoms with E-state index in [1.807, 2.05) is 84.9 Å². The second-order valence-electron chi connectivity index (χ2n) is 8.41. The lowest BCUT2D eigenvalue weighted by molar-refractivity contribution is 0.0918. The van der Waals surface area contributed by atoms with Crippen LogP contribution in [0.25, 0.3) is 0 Å². The van der Waals surface area contributed by atoms with Crippen molar-refractivity contribution in [1.29, 1.82) is 0 Å². The standard InChI is InChI=1S/C29H26ClO4P/c30-27-15-11-23(12-16-27)20-26(19-22-7-3-1-4-8-22)29(31)25-13-17-28(18-14-25)35(32,33)34-21-24-9-5-2-6-10-24/h1-18,26H,19-21H2,(H,32,33). The van der Waals surface area contributed by atoms with Gasteiger partial charge >= 0.3 is 7.60 Å². The van der Waals surface area contributed by atoms with Crippen LogP contribution in [-0.4, -0.2) is 10.7 Å². The van der Waals surface area contributed by atoms with Crippen molar-refractivity contribution in [3.8, 4) is 0 Å². The van der Waals surface area contributed by atoms with E-state index in [0.717, 1.165) is 16.7 Å². The van der Waals surface area contributed by atoms with Crippen molar-refractivity contribution < 1.29 is 18.8 Å². The summed E-state index contributed by atoms with van der Waals surface area (Å²) in [6, 6.07) is 32.8. The van der Waals surface area contributed by atoms with Crippen LogP contribution in [0.3, 0.4) is 0 Å². The van der Waals surface area contributed by atoms with Crippen LogP contribution in [0, 0.1) is 5.92 Å². The van der Waals surface area contributed by atoms with Crippen molar-refractivity contribution >= 4 is 30.3 Å². The monoisotopic (exact) mass is 504 g/mol. The van der Waals surface area contributed by atoms with E-state index in [9.17, 15) is 14.3 Å². The fourth-order valence-corrected chi connectivity index (χ4v) is 5.05. The summed E-state index contributed by atoms with van der Waals surface area (Å²) < 4.78 is 18.1. The molecule has 35 heavy (non-hydrogen) atoms. The van der Waals surface area contributed by atoms with Gasteiger partial charge in [0, 0.05) is 16.5 Å². The Morgan fingerprint density at radius 2 is 1.26 bits per heavy atom. The van der Waals surface area contributed by atoms with Crippen LogP contribution in [-0.2, 0) is 28.5 Å². The molecule has 4 aromatic rings. The summed E-state index contributed by atoms with van der Waals surface area (Å²) in [7, 11) is -4.02. The molecule has 0 bridgehead atoms. The first kappa shape index (κ1) is 25.1. The highest BCUT2D eigenvalue weighted by Gasteiger charge is 2.25. The van der Waals surface area contributed by atoms with Gasteiger partial charge in [-0.25, -0.2) is 0 Å². The topological polar surface area (TPSA) is 63.6 Å². The molecule has 0 saturated carbocycles. The normalized spacial score (nSPS) is 13.7. The molecular weight excluding hydrogens is 479 g/mol. The van der Waals surface area contributed by atoms with Crippen LogP contribution < -0.4 is 5.30 Å². The van der Waals surface area contributed by atoms with E-state index in [1.54, 1.807) is 12.1 Å². The van der Waals surface area contributed by atoms with Crippen molar-refractivity contribution in [3.05, 3.63) is 136 Å². The molecule has 0 aliphatic carbocycles. The van der Waals surface area contributed by atoms with Crippen LogP contribution in [0.5, 0.6) is 0 Å². The van der Waals surface area contributed by atoms with E-state index in [2.05, 4.69) is 0 Å². The van der Waals surface area contributed by atoms with Gasteiger partial charge in [0.2, 0.25) is 0 Å². The summed E-state index contributed by atoms with van der Waals surface area (Å²) >= 11 is 6.02. The van der Waals surface area contributed by atoms with Crippen molar-refractivity contribution in [2.75, 3.05) is 0 Å². The maximum absolute atomic E-state index is 13.5. The molecule has 0 aliphatic heterocycles. The Balaban J connectivity index is 1.51. The molecule has 0 fully saturated rings. The molecule has 0 heterocycles. The zero-order valence-electron chi connectivity index (χ0n) is 19.1. The van der Waals surface area contributed by atoms with Gasteiger partial charge in [-0.15, -0.1) is 0 Å². The number of Topliss-reactive ketones (excluding diaryl/α,β-unsaturated/α-hetero) is 1. The van der Waals surface area contributed by atoms with E-state index >= 15 is 0 Å². The third-order valence-electron chi connectivity index (χ3n) is 5.82.